The van der Waals surface area contributed by atoms with Gasteiger partial charge >= 0.3 is 6.18 Å². The van der Waals surface area contributed by atoms with Crippen LogP contribution in [-0.4, -0.2) is 38.6 Å². The Morgan fingerprint density at radius 1 is 1.15 bits per heavy atom. The predicted molar refractivity (Wildman–Crippen MR) is 119 cm³/mol. The molecule has 0 amide bonds. The molecular weight excluding hydrogens is 465 g/mol. The second-order valence-corrected chi connectivity index (χ2v) is 7.83. The van der Waals surface area contributed by atoms with Crippen LogP contribution in [0.3, 0.4) is 0 Å². The van der Waals surface area contributed by atoms with E-state index in [-0.39, 0.29) is 43.7 Å². The molecule has 0 bridgehead atoms. The van der Waals surface area contributed by atoms with Gasteiger partial charge in [0.25, 0.3) is 0 Å². The highest BCUT2D eigenvalue weighted by Crippen LogP contribution is 2.49. The summed E-state index contributed by atoms with van der Waals surface area (Å²) in [6, 6.07) is 6.45. The highest BCUT2D eigenvalue weighted by Gasteiger charge is 2.36. The van der Waals surface area contributed by atoms with Gasteiger partial charge in [0, 0.05) is 21.6 Å². The molecule has 3 N–H and O–H groups in total. The quantitative estimate of drug-likeness (QED) is 0.312. The van der Waals surface area contributed by atoms with Crippen molar-refractivity contribution in [3.05, 3.63) is 71.8 Å². The van der Waals surface area contributed by atoms with Crippen LogP contribution in [0, 0.1) is 17.6 Å². The minimum absolute atomic E-state index is 0.0220. The number of nitrogens with two attached hydrogens (primary N) is 1. The first-order valence-electron chi connectivity index (χ1n) is 10.0. The lowest BCUT2D eigenvalue weighted by atomic mass is 9.96. The fraction of sp³-hybridized carbons (Fsp3) is 0.391. The van der Waals surface area contributed by atoms with Gasteiger partial charge in [-0.25, -0.2) is 8.78 Å². The van der Waals surface area contributed by atoms with Crippen molar-refractivity contribution in [3.8, 4) is 5.75 Å². The van der Waals surface area contributed by atoms with Gasteiger partial charge in [-0.05, 0) is 50.4 Å². The second kappa shape index (κ2) is 14.2. The smallest absolute Gasteiger partial charge is 0.416 e. The van der Waals surface area contributed by atoms with Gasteiger partial charge < -0.3 is 20.3 Å². The zero-order valence-corrected chi connectivity index (χ0v) is 19.2. The van der Waals surface area contributed by atoms with Crippen molar-refractivity contribution < 1.29 is 36.5 Å². The summed E-state index contributed by atoms with van der Waals surface area (Å²) in [7, 11) is 1.50. The molecule has 2 aromatic carbocycles. The normalized spacial score (nSPS) is 16.9. The maximum Gasteiger partial charge on any atom is 0.416 e. The molecule has 0 saturated heterocycles. The van der Waals surface area contributed by atoms with Gasteiger partial charge in [-0.2, -0.15) is 13.2 Å². The topological polar surface area (TPSA) is 64.7 Å². The van der Waals surface area contributed by atoms with E-state index in [1.165, 1.54) is 19.2 Å². The van der Waals surface area contributed by atoms with Gasteiger partial charge in [-0.15, -0.1) is 18.3 Å². The zero-order chi connectivity index (χ0) is 25.0. The van der Waals surface area contributed by atoms with Crippen molar-refractivity contribution in [3.63, 3.8) is 0 Å². The molecule has 184 valence electrons. The number of hydrogen-bond acceptors (Lipinski definition) is 5. The monoisotopic (exact) mass is 493 g/mol. The summed E-state index contributed by atoms with van der Waals surface area (Å²) >= 11 is 1.12. The molecule has 3 rings (SSSR count). The van der Waals surface area contributed by atoms with Crippen LogP contribution in [0.4, 0.5) is 22.0 Å². The summed E-state index contributed by atoms with van der Waals surface area (Å²) in [6.07, 6.45) is -2.70. The summed E-state index contributed by atoms with van der Waals surface area (Å²) in [5.74, 6) is -1.94. The van der Waals surface area contributed by atoms with Gasteiger partial charge in [0.05, 0.1) is 32.0 Å². The minimum atomic E-state index is -4.45. The highest BCUT2D eigenvalue weighted by molar-refractivity contribution is 7.99. The number of aliphatic hydroxyl groups is 1. The fourth-order valence-electron chi connectivity index (χ4n) is 2.93. The molecule has 0 fully saturated rings. The number of halogens is 5. The third-order valence-electron chi connectivity index (χ3n) is 4.26. The van der Waals surface area contributed by atoms with Gasteiger partial charge in [0.15, 0.2) is 11.6 Å². The van der Waals surface area contributed by atoms with Crippen molar-refractivity contribution in [2.24, 2.45) is 11.7 Å². The Labute approximate surface area is 194 Å². The molecule has 0 radical (unpaired) electrons. The van der Waals surface area contributed by atoms with Crippen LogP contribution >= 0.6 is 11.8 Å². The molecule has 0 spiro atoms. The van der Waals surface area contributed by atoms with Crippen LogP contribution < -0.4 is 10.5 Å². The van der Waals surface area contributed by atoms with E-state index in [0.29, 0.717) is 4.90 Å². The molecule has 0 saturated carbocycles. The number of rotatable bonds is 6. The Bertz CT molecular complexity index is 862. The maximum atomic E-state index is 14.5. The summed E-state index contributed by atoms with van der Waals surface area (Å²) < 4.78 is 77.6. The van der Waals surface area contributed by atoms with Crippen LogP contribution in [0.1, 0.15) is 23.3 Å². The van der Waals surface area contributed by atoms with Crippen molar-refractivity contribution in [2.75, 3.05) is 33.5 Å². The molecule has 0 aliphatic carbocycles. The fourth-order valence-corrected chi connectivity index (χ4v) is 4.21. The average molecular weight is 494 g/mol. The van der Waals surface area contributed by atoms with Crippen LogP contribution in [0.25, 0.3) is 0 Å². The molecule has 4 nitrogen and oxygen atoms in total. The van der Waals surface area contributed by atoms with Crippen LogP contribution in [0.5, 0.6) is 5.75 Å². The number of benzene rings is 2. The lowest BCUT2D eigenvalue weighted by molar-refractivity contribution is -0.137. The molecular formula is C23H28F5NO3S. The molecule has 1 heterocycles. The first-order valence-corrected chi connectivity index (χ1v) is 10.9. The predicted octanol–water partition coefficient (Wildman–Crippen LogP) is 5.60. The molecule has 2 aromatic rings. The number of allylic oxidation sites excluding steroid dienone is 1. The van der Waals surface area contributed by atoms with E-state index in [1.807, 2.05) is 6.92 Å². The summed E-state index contributed by atoms with van der Waals surface area (Å²) in [4.78, 5) is 0.474. The zero-order valence-electron chi connectivity index (χ0n) is 18.4. The first kappa shape index (κ1) is 28.9. The molecule has 1 aliphatic heterocycles. The van der Waals surface area contributed by atoms with Gasteiger partial charge in [-0.3, -0.25) is 0 Å². The van der Waals surface area contributed by atoms with Crippen LogP contribution in [-0.2, 0) is 10.9 Å². The Morgan fingerprint density at radius 3 is 2.27 bits per heavy atom. The largest absolute Gasteiger partial charge is 0.490 e. The lowest BCUT2D eigenvalue weighted by Crippen LogP contribution is -2.30. The highest BCUT2D eigenvalue weighted by atomic mass is 32.2. The standard InChI is InChI=1S/C19H17F5O3S.C3H6.CH5N/c20-14-5-6-15(21)17-16(14)18(11(10-27-17)9-26-8-7-25)28-13-3-1-12(2-4-13)19(22,23)24;1-3-2;1-2/h1-6,11,18,25H,7-10H2;3H,1H2,2H3;2H2,1H3/t11?,18-;;/m0../s1. The van der Waals surface area contributed by atoms with E-state index in [4.69, 9.17) is 14.6 Å². The second-order valence-electron chi connectivity index (χ2n) is 6.61. The van der Waals surface area contributed by atoms with Crippen LogP contribution in [0.15, 0.2) is 53.9 Å². The average Bonchev–Trinajstić information content (AvgIpc) is 2.79. The SMILES string of the molecule is C=CC.CN.OCCOCC1COc2c(F)ccc(F)c2[C@H]1Sc1ccc(C(F)(F)F)cc1. The number of ether oxygens (including phenoxy) is 2. The Balaban J connectivity index is 0.00000101. The summed E-state index contributed by atoms with van der Waals surface area (Å²) in [5.41, 5.74) is 3.73. The maximum absolute atomic E-state index is 14.5. The van der Waals surface area contributed by atoms with E-state index in [0.717, 1.165) is 36.0 Å². The van der Waals surface area contributed by atoms with Crippen molar-refractivity contribution >= 4 is 11.8 Å². The van der Waals surface area contributed by atoms with Crippen molar-refractivity contribution in [2.45, 2.75) is 23.2 Å². The lowest BCUT2D eigenvalue weighted by Gasteiger charge is -2.33. The molecule has 1 aliphatic rings. The minimum Gasteiger partial charge on any atom is -0.490 e. The number of alkyl halides is 3. The third-order valence-corrected chi connectivity index (χ3v) is 5.68. The number of fused-ring (bicyclic) bond motifs is 1. The third kappa shape index (κ3) is 8.29. The molecule has 1 unspecified atom stereocenters. The van der Waals surface area contributed by atoms with E-state index in [1.54, 1.807) is 6.08 Å². The molecule has 10 heteroatoms. The van der Waals surface area contributed by atoms with E-state index in [2.05, 4.69) is 12.3 Å². The Morgan fingerprint density at radius 2 is 1.73 bits per heavy atom. The van der Waals surface area contributed by atoms with Crippen LogP contribution in [0.2, 0.25) is 0 Å². The van der Waals surface area contributed by atoms with Crippen molar-refractivity contribution in [1.82, 2.24) is 0 Å². The van der Waals surface area contributed by atoms with Gasteiger partial charge in [-0.1, -0.05) is 6.08 Å². The summed E-state index contributed by atoms with van der Waals surface area (Å²) in [6.45, 7) is 5.31. The number of thioether (sulfide) groups is 1. The summed E-state index contributed by atoms with van der Waals surface area (Å²) in [5, 5.41) is 8.23. The number of aliphatic hydroxyl groups excluding tert-OH is 1. The van der Waals surface area contributed by atoms with E-state index in [9.17, 15) is 22.0 Å². The van der Waals surface area contributed by atoms with Gasteiger partial charge in [0.2, 0.25) is 0 Å². The van der Waals surface area contributed by atoms with E-state index < -0.39 is 28.6 Å². The molecule has 2 atom stereocenters. The van der Waals surface area contributed by atoms with Gasteiger partial charge in [0.1, 0.15) is 5.82 Å². The van der Waals surface area contributed by atoms with Crippen molar-refractivity contribution in [1.29, 1.82) is 0 Å². The Kier molecular flexibility index (Phi) is 12.4. The van der Waals surface area contributed by atoms with E-state index >= 15 is 0 Å². The molecule has 33 heavy (non-hydrogen) atoms. The molecule has 0 aromatic heterocycles. The number of hydrogen-bond donors (Lipinski definition) is 2. The first-order chi connectivity index (χ1) is 15.7. The Hall–Kier alpha value is -2.14.